The number of furan rings is 1. The monoisotopic (exact) mass is 426 g/mol. The summed E-state index contributed by atoms with van der Waals surface area (Å²) < 4.78 is 17.9. The molecule has 29 heavy (non-hydrogen) atoms. The van der Waals surface area contributed by atoms with Crippen molar-refractivity contribution in [3.8, 4) is 11.5 Å². The lowest BCUT2D eigenvalue weighted by atomic mass is 10.2. The Kier molecular flexibility index (Phi) is 4.69. The highest BCUT2D eigenvalue weighted by molar-refractivity contribution is 7.98. The van der Waals surface area contributed by atoms with Crippen LogP contribution in [0.5, 0.6) is 11.5 Å². The first-order valence-electron chi connectivity index (χ1n) is 8.91. The van der Waals surface area contributed by atoms with Crippen LogP contribution >= 0.6 is 23.4 Å². The van der Waals surface area contributed by atoms with E-state index in [0.717, 1.165) is 5.56 Å². The van der Waals surface area contributed by atoms with Crippen LogP contribution in [0, 0.1) is 0 Å². The Bertz CT molecular complexity index is 1240. The first kappa shape index (κ1) is 18.1. The Morgan fingerprint density at radius 2 is 1.90 bits per heavy atom. The van der Waals surface area contributed by atoms with Gasteiger partial charge in [-0.25, -0.2) is 4.98 Å². The van der Waals surface area contributed by atoms with Crippen LogP contribution in [-0.4, -0.2) is 16.3 Å². The number of thioether (sulfide) groups is 1. The van der Waals surface area contributed by atoms with Crippen molar-refractivity contribution < 1.29 is 13.9 Å². The molecule has 1 aliphatic rings. The zero-order chi connectivity index (χ0) is 19.8. The molecule has 5 rings (SSSR count). The number of fused-ring (bicyclic) bond motifs is 2. The number of hydrogen-bond donors (Lipinski definition) is 0. The minimum absolute atomic E-state index is 0.143. The normalized spacial score (nSPS) is 12.6. The number of ether oxygens (including phenoxy) is 2. The highest BCUT2D eigenvalue weighted by atomic mass is 35.5. The summed E-state index contributed by atoms with van der Waals surface area (Å²) in [5.74, 6) is 2.49. The van der Waals surface area contributed by atoms with Gasteiger partial charge >= 0.3 is 0 Å². The highest BCUT2D eigenvalue weighted by Gasteiger charge is 2.19. The van der Waals surface area contributed by atoms with Crippen molar-refractivity contribution in [1.82, 2.24) is 9.55 Å². The summed E-state index contributed by atoms with van der Waals surface area (Å²) in [6.07, 6.45) is 1.59. The van der Waals surface area contributed by atoms with Crippen LogP contribution in [0.1, 0.15) is 11.3 Å². The van der Waals surface area contributed by atoms with E-state index >= 15 is 0 Å². The van der Waals surface area contributed by atoms with Gasteiger partial charge in [0.05, 0.1) is 23.7 Å². The van der Waals surface area contributed by atoms with E-state index in [2.05, 4.69) is 0 Å². The quantitative estimate of drug-likeness (QED) is 0.340. The van der Waals surface area contributed by atoms with E-state index in [1.807, 2.05) is 30.3 Å². The molecule has 6 nitrogen and oxygen atoms in total. The van der Waals surface area contributed by atoms with Gasteiger partial charge in [0, 0.05) is 16.8 Å². The minimum Gasteiger partial charge on any atom is -0.467 e. The molecule has 0 bridgehead atoms. The molecule has 3 heterocycles. The Balaban J connectivity index is 1.58. The van der Waals surface area contributed by atoms with Crippen molar-refractivity contribution in [1.29, 1.82) is 0 Å². The molecule has 0 amide bonds. The zero-order valence-electron chi connectivity index (χ0n) is 15.1. The molecule has 1 aliphatic heterocycles. The summed E-state index contributed by atoms with van der Waals surface area (Å²) in [4.78, 5) is 18.0. The second-order valence-corrected chi connectivity index (χ2v) is 7.88. The summed E-state index contributed by atoms with van der Waals surface area (Å²) in [6, 6.07) is 14.7. The van der Waals surface area contributed by atoms with E-state index < -0.39 is 0 Å². The maximum Gasteiger partial charge on any atom is 0.262 e. The van der Waals surface area contributed by atoms with Gasteiger partial charge in [-0.05, 0) is 35.9 Å². The molecule has 0 atom stereocenters. The summed E-state index contributed by atoms with van der Waals surface area (Å²) >= 11 is 7.45. The molecule has 0 saturated carbocycles. The van der Waals surface area contributed by atoms with Gasteiger partial charge in [-0.15, -0.1) is 0 Å². The van der Waals surface area contributed by atoms with Gasteiger partial charge in [0.2, 0.25) is 6.79 Å². The SMILES string of the molecule is O=c1c2cc3c(cc2nc(SCc2ccc(Cl)cc2)n1Cc1ccco1)OCO3. The van der Waals surface area contributed by atoms with Crippen LogP contribution in [0.3, 0.4) is 0 Å². The topological polar surface area (TPSA) is 66.5 Å². The predicted molar refractivity (Wildman–Crippen MR) is 111 cm³/mol. The third-order valence-corrected chi connectivity index (χ3v) is 5.89. The van der Waals surface area contributed by atoms with Crippen LogP contribution in [-0.2, 0) is 12.3 Å². The standard InChI is InChI=1S/C21H15ClN2O4S/c22-14-5-3-13(4-6-14)11-29-21-23-17-9-19-18(27-12-28-19)8-16(17)20(25)24(21)10-15-2-1-7-26-15/h1-9H,10-12H2. The minimum atomic E-state index is -0.150. The van der Waals surface area contributed by atoms with Gasteiger partial charge in [-0.2, -0.15) is 0 Å². The number of halogens is 1. The van der Waals surface area contributed by atoms with Crippen LogP contribution in [0.15, 0.2) is 69.2 Å². The van der Waals surface area contributed by atoms with Crippen molar-refractivity contribution in [2.75, 3.05) is 6.79 Å². The Labute approximate surface area is 175 Å². The van der Waals surface area contributed by atoms with Crippen LogP contribution in [0.2, 0.25) is 5.02 Å². The van der Waals surface area contributed by atoms with E-state index in [4.69, 9.17) is 30.5 Å². The molecular formula is C21H15ClN2O4S. The lowest BCUT2D eigenvalue weighted by molar-refractivity contribution is 0.174. The Morgan fingerprint density at radius 1 is 1.10 bits per heavy atom. The fourth-order valence-corrected chi connectivity index (χ4v) is 4.21. The third kappa shape index (κ3) is 3.59. The second kappa shape index (κ2) is 7.50. The van der Waals surface area contributed by atoms with Crippen LogP contribution < -0.4 is 15.0 Å². The number of aromatic nitrogens is 2. The average molecular weight is 427 g/mol. The van der Waals surface area contributed by atoms with Crippen molar-refractivity contribution in [3.05, 3.63) is 81.5 Å². The molecule has 0 aliphatic carbocycles. The molecule has 0 fully saturated rings. The average Bonchev–Trinajstić information content (AvgIpc) is 3.40. The van der Waals surface area contributed by atoms with Crippen molar-refractivity contribution in [2.45, 2.75) is 17.5 Å². The molecular weight excluding hydrogens is 412 g/mol. The molecule has 8 heteroatoms. The molecule has 0 spiro atoms. The summed E-state index contributed by atoms with van der Waals surface area (Å²) in [7, 11) is 0. The van der Waals surface area contributed by atoms with Crippen LogP contribution in [0.25, 0.3) is 10.9 Å². The Hall–Kier alpha value is -2.90. The Morgan fingerprint density at radius 3 is 2.66 bits per heavy atom. The second-order valence-electron chi connectivity index (χ2n) is 6.50. The highest BCUT2D eigenvalue weighted by Crippen LogP contribution is 2.35. The molecule has 0 radical (unpaired) electrons. The first-order valence-corrected chi connectivity index (χ1v) is 10.3. The maximum atomic E-state index is 13.3. The molecule has 4 aromatic rings. The molecule has 0 saturated heterocycles. The smallest absolute Gasteiger partial charge is 0.262 e. The number of rotatable bonds is 5. The molecule has 2 aromatic carbocycles. The van der Waals surface area contributed by atoms with E-state index in [0.29, 0.717) is 50.6 Å². The molecule has 146 valence electrons. The number of hydrogen-bond acceptors (Lipinski definition) is 6. The summed E-state index contributed by atoms with van der Waals surface area (Å²) in [5, 5.41) is 1.78. The van der Waals surface area contributed by atoms with Gasteiger partial charge in [-0.3, -0.25) is 9.36 Å². The number of nitrogens with zero attached hydrogens (tertiary/aromatic N) is 2. The first-order chi connectivity index (χ1) is 14.2. The third-order valence-electron chi connectivity index (χ3n) is 4.59. The van der Waals surface area contributed by atoms with Gasteiger partial charge in [0.15, 0.2) is 16.7 Å². The lowest BCUT2D eigenvalue weighted by Crippen LogP contribution is -2.23. The fraction of sp³-hybridized carbons (Fsp3) is 0.143. The van der Waals surface area contributed by atoms with Crippen LogP contribution in [0.4, 0.5) is 0 Å². The van der Waals surface area contributed by atoms with Gasteiger partial charge in [-0.1, -0.05) is 35.5 Å². The molecule has 0 N–H and O–H groups in total. The van der Waals surface area contributed by atoms with Gasteiger partial charge in [0.1, 0.15) is 5.76 Å². The zero-order valence-corrected chi connectivity index (χ0v) is 16.7. The van der Waals surface area contributed by atoms with E-state index in [1.165, 1.54) is 11.8 Å². The van der Waals surface area contributed by atoms with Crippen molar-refractivity contribution in [3.63, 3.8) is 0 Å². The fourth-order valence-electron chi connectivity index (χ4n) is 3.13. The summed E-state index contributed by atoms with van der Waals surface area (Å²) in [6.45, 7) is 0.441. The number of benzene rings is 2. The maximum absolute atomic E-state index is 13.3. The van der Waals surface area contributed by atoms with E-state index in [9.17, 15) is 4.79 Å². The largest absolute Gasteiger partial charge is 0.467 e. The predicted octanol–water partition coefficient (Wildman–Crippen LogP) is 4.71. The van der Waals surface area contributed by atoms with E-state index in [1.54, 1.807) is 29.0 Å². The summed E-state index contributed by atoms with van der Waals surface area (Å²) in [5.41, 5.74) is 1.51. The van der Waals surface area contributed by atoms with E-state index in [-0.39, 0.29) is 12.4 Å². The lowest BCUT2D eigenvalue weighted by Gasteiger charge is -2.12. The molecule has 0 unspecified atom stereocenters. The van der Waals surface area contributed by atoms with Crippen molar-refractivity contribution in [2.24, 2.45) is 0 Å². The van der Waals surface area contributed by atoms with Gasteiger partial charge < -0.3 is 13.9 Å². The van der Waals surface area contributed by atoms with Crippen molar-refractivity contribution >= 4 is 34.3 Å². The molecule has 2 aromatic heterocycles. The van der Waals surface area contributed by atoms with Gasteiger partial charge in [0.25, 0.3) is 5.56 Å².